The third kappa shape index (κ3) is 4.48. The number of hydrogen-bond donors (Lipinski definition) is 0. The van der Waals surface area contributed by atoms with Crippen LogP contribution in [0.4, 0.5) is 17.1 Å². The summed E-state index contributed by atoms with van der Waals surface area (Å²) < 4.78 is 15.2. The van der Waals surface area contributed by atoms with Crippen molar-refractivity contribution in [3.63, 3.8) is 0 Å². The maximum atomic E-state index is 6.54. The smallest absolute Gasteiger partial charge is 0.138 e. The van der Waals surface area contributed by atoms with Gasteiger partial charge in [0.2, 0.25) is 0 Å². The molecule has 0 saturated carbocycles. The molecule has 0 N–H and O–H groups in total. The predicted molar refractivity (Wildman–Crippen MR) is 191 cm³/mol. The van der Waals surface area contributed by atoms with E-state index in [9.17, 15) is 0 Å². The van der Waals surface area contributed by atoms with Crippen molar-refractivity contribution in [3.8, 4) is 22.6 Å². The third-order valence-electron chi connectivity index (χ3n) is 8.42. The van der Waals surface area contributed by atoms with Gasteiger partial charge in [0.15, 0.2) is 0 Å². The highest BCUT2D eigenvalue weighted by Gasteiger charge is 2.23. The second-order valence-corrected chi connectivity index (χ2v) is 12.2. The van der Waals surface area contributed by atoms with Gasteiger partial charge in [-0.15, -0.1) is 11.3 Å². The summed E-state index contributed by atoms with van der Waals surface area (Å²) in [6, 6.07) is 50.2. The number of nitrogens with zero attached hydrogens (tertiary/aromatic N) is 2. The first-order valence-corrected chi connectivity index (χ1v) is 16.0. The molecule has 6 aromatic carbocycles. The summed E-state index contributed by atoms with van der Waals surface area (Å²) >= 11 is 1.82. The molecule has 3 heterocycles. The molecule has 0 aliphatic heterocycles. The average molecular weight is 611 g/mol. The topological polar surface area (TPSA) is 38.5 Å². The van der Waals surface area contributed by atoms with E-state index in [4.69, 9.17) is 9.15 Å². The molecule has 0 aliphatic carbocycles. The Morgan fingerprint density at radius 3 is 1.96 bits per heavy atom. The van der Waals surface area contributed by atoms with Crippen LogP contribution in [0.5, 0.6) is 11.5 Å². The van der Waals surface area contributed by atoms with Gasteiger partial charge in [0, 0.05) is 60.8 Å². The Kier molecular flexibility index (Phi) is 6.28. The average Bonchev–Trinajstić information content (AvgIpc) is 3.69. The van der Waals surface area contributed by atoms with Crippen LogP contribution in [0.2, 0.25) is 0 Å². The van der Waals surface area contributed by atoms with E-state index in [-0.39, 0.29) is 0 Å². The van der Waals surface area contributed by atoms with E-state index in [1.807, 2.05) is 84.4 Å². The highest BCUT2D eigenvalue weighted by Crippen LogP contribution is 2.50. The number of anilines is 3. The first-order valence-electron chi connectivity index (χ1n) is 15.2. The maximum Gasteiger partial charge on any atom is 0.138 e. The van der Waals surface area contributed by atoms with E-state index in [1.54, 1.807) is 0 Å². The molecule has 3 aromatic heterocycles. The molecule has 0 fully saturated rings. The lowest BCUT2D eigenvalue weighted by Gasteiger charge is -2.27. The van der Waals surface area contributed by atoms with Crippen LogP contribution in [0.25, 0.3) is 53.2 Å². The van der Waals surface area contributed by atoms with E-state index in [0.717, 1.165) is 61.6 Å². The Bertz CT molecular complexity index is 2480. The summed E-state index contributed by atoms with van der Waals surface area (Å²) in [5, 5.41) is 4.74. The summed E-state index contributed by atoms with van der Waals surface area (Å²) in [5.74, 6) is 1.59. The summed E-state index contributed by atoms with van der Waals surface area (Å²) in [4.78, 5) is 6.52. The molecule has 5 heteroatoms. The lowest BCUT2D eigenvalue weighted by molar-refractivity contribution is 0.483. The molecule has 0 aliphatic rings. The first kappa shape index (κ1) is 26.5. The fraction of sp³-hybridized carbons (Fsp3) is 0. The molecule has 0 bridgehead atoms. The molecular weight excluding hydrogens is 585 g/mol. The summed E-state index contributed by atoms with van der Waals surface area (Å²) in [6.45, 7) is 0. The van der Waals surface area contributed by atoms with E-state index < -0.39 is 0 Å². The first-order chi connectivity index (χ1) is 22.8. The lowest BCUT2D eigenvalue weighted by Crippen LogP contribution is -2.10. The van der Waals surface area contributed by atoms with Crippen molar-refractivity contribution in [2.45, 2.75) is 0 Å². The third-order valence-corrected chi connectivity index (χ3v) is 9.61. The number of fused-ring (bicyclic) bond motifs is 7. The van der Waals surface area contributed by atoms with Crippen molar-refractivity contribution in [2.75, 3.05) is 4.90 Å². The number of benzene rings is 6. The number of thiophene rings is 1. The van der Waals surface area contributed by atoms with E-state index in [0.29, 0.717) is 0 Å². The van der Waals surface area contributed by atoms with Gasteiger partial charge in [-0.3, -0.25) is 4.98 Å². The normalized spacial score (nSPS) is 11.5. The quantitative estimate of drug-likeness (QED) is 0.188. The van der Waals surface area contributed by atoms with Gasteiger partial charge in [0.25, 0.3) is 0 Å². The zero-order valence-electron chi connectivity index (χ0n) is 24.6. The molecule has 0 amide bonds. The van der Waals surface area contributed by atoms with Gasteiger partial charge in [-0.25, -0.2) is 0 Å². The van der Waals surface area contributed by atoms with E-state index >= 15 is 0 Å². The monoisotopic (exact) mass is 610 g/mol. The van der Waals surface area contributed by atoms with Crippen LogP contribution in [0.3, 0.4) is 0 Å². The molecule has 9 aromatic rings. The molecule has 0 radical (unpaired) electrons. The van der Waals surface area contributed by atoms with Crippen molar-refractivity contribution in [1.82, 2.24) is 4.98 Å². The predicted octanol–water partition coefficient (Wildman–Crippen LogP) is 12.3. The second-order valence-electron chi connectivity index (χ2n) is 11.2. The number of aromatic nitrogens is 1. The number of hydrogen-bond acceptors (Lipinski definition) is 5. The standard InChI is InChI=1S/C41H26N2O2S/c1-2-8-31(9-3-1)44-32-20-18-30(19-21-32)43(29-16-14-27(15-17-29)28-22-24-42-25-23-28)35-26-37-40(33-10-4-6-12-36(33)45-37)41-39(35)34-11-5-7-13-38(34)46-41/h1-26H. The Balaban J connectivity index is 1.28. The van der Waals surface area contributed by atoms with Crippen LogP contribution in [-0.2, 0) is 0 Å². The molecule has 46 heavy (non-hydrogen) atoms. The minimum atomic E-state index is 0.779. The summed E-state index contributed by atoms with van der Waals surface area (Å²) in [7, 11) is 0. The number of para-hydroxylation sites is 2. The molecule has 9 rings (SSSR count). The second kappa shape index (κ2) is 10.9. The Morgan fingerprint density at radius 2 is 1.17 bits per heavy atom. The van der Waals surface area contributed by atoms with E-state index in [1.165, 1.54) is 20.2 Å². The van der Waals surface area contributed by atoms with Gasteiger partial charge in [-0.1, -0.05) is 66.7 Å². The fourth-order valence-corrected chi connectivity index (χ4v) is 7.59. The van der Waals surface area contributed by atoms with Crippen molar-refractivity contribution in [1.29, 1.82) is 0 Å². The van der Waals surface area contributed by atoms with Crippen molar-refractivity contribution >= 4 is 70.5 Å². The van der Waals surface area contributed by atoms with Gasteiger partial charge >= 0.3 is 0 Å². The number of ether oxygens (including phenoxy) is 1. The molecule has 4 nitrogen and oxygen atoms in total. The maximum absolute atomic E-state index is 6.54. The lowest BCUT2D eigenvalue weighted by atomic mass is 10.0. The van der Waals surface area contributed by atoms with Gasteiger partial charge in [0.1, 0.15) is 22.7 Å². The van der Waals surface area contributed by atoms with Crippen LogP contribution in [0.1, 0.15) is 0 Å². The van der Waals surface area contributed by atoms with Gasteiger partial charge in [0.05, 0.1) is 5.69 Å². The number of rotatable bonds is 6. The van der Waals surface area contributed by atoms with Gasteiger partial charge in [-0.05, 0) is 83.9 Å². The molecule has 218 valence electrons. The summed E-state index contributed by atoms with van der Waals surface area (Å²) in [5.41, 5.74) is 7.15. The zero-order chi connectivity index (χ0) is 30.5. The summed E-state index contributed by atoms with van der Waals surface area (Å²) in [6.07, 6.45) is 3.66. The SMILES string of the molecule is c1ccc(Oc2ccc(N(c3ccc(-c4ccncc4)cc3)c3cc4oc5ccccc5c4c4sc5ccccc5c34)cc2)cc1. The van der Waals surface area contributed by atoms with E-state index in [2.05, 4.69) is 94.8 Å². The van der Waals surface area contributed by atoms with Gasteiger partial charge in [-0.2, -0.15) is 0 Å². The van der Waals surface area contributed by atoms with Crippen LogP contribution in [-0.4, -0.2) is 4.98 Å². The van der Waals surface area contributed by atoms with Crippen molar-refractivity contribution < 1.29 is 9.15 Å². The van der Waals surface area contributed by atoms with Crippen molar-refractivity contribution in [2.24, 2.45) is 0 Å². The Hall–Kier alpha value is -5.91. The largest absolute Gasteiger partial charge is 0.457 e. The van der Waals surface area contributed by atoms with Crippen LogP contribution in [0, 0.1) is 0 Å². The minimum absolute atomic E-state index is 0.779. The molecule has 0 atom stereocenters. The molecular formula is C41H26N2O2S. The van der Waals surface area contributed by atoms with Gasteiger partial charge < -0.3 is 14.1 Å². The van der Waals surface area contributed by atoms with Crippen LogP contribution in [0.15, 0.2) is 162 Å². The highest BCUT2D eigenvalue weighted by molar-refractivity contribution is 7.27. The van der Waals surface area contributed by atoms with Crippen molar-refractivity contribution in [3.05, 3.63) is 158 Å². The number of furan rings is 1. The van der Waals surface area contributed by atoms with Crippen LogP contribution >= 0.6 is 11.3 Å². The Morgan fingerprint density at radius 1 is 0.543 bits per heavy atom. The minimum Gasteiger partial charge on any atom is -0.457 e. The fourth-order valence-electron chi connectivity index (χ4n) is 6.31. The highest BCUT2D eigenvalue weighted by atomic mass is 32.1. The Labute approximate surface area is 269 Å². The van der Waals surface area contributed by atoms with Crippen LogP contribution < -0.4 is 9.64 Å². The molecule has 0 spiro atoms. The zero-order valence-corrected chi connectivity index (χ0v) is 25.4. The molecule has 0 saturated heterocycles. The number of pyridine rings is 1. The molecule has 0 unspecified atom stereocenters.